The van der Waals surface area contributed by atoms with Crippen LogP contribution in [-0.2, 0) is 11.8 Å². The molecule has 0 spiro atoms. The zero-order valence-electron chi connectivity index (χ0n) is 18.7. The zero-order chi connectivity index (χ0) is 21.9. The first-order valence-corrected chi connectivity index (χ1v) is 10.7. The Kier molecular flexibility index (Phi) is 6.72. The van der Waals surface area contributed by atoms with Crippen molar-refractivity contribution in [2.45, 2.75) is 70.9 Å². The van der Waals surface area contributed by atoms with Crippen LogP contribution in [0.15, 0.2) is 28.7 Å². The number of nitrogens with zero attached hydrogens (tertiary/aromatic N) is 3. The average molecular weight is 417 g/mol. The Hall–Kier alpha value is -2.12. The van der Waals surface area contributed by atoms with Gasteiger partial charge in [0.1, 0.15) is 5.82 Å². The molecule has 0 bridgehead atoms. The van der Waals surface area contributed by atoms with Crippen molar-refractivity contribution in [2.24, 2.45) is 0 Å². The van der Waals surface area contributed by atoms with Crippen molar-refractivity contribution in [3.63, 3.8) is 0 Å². The fraction of sp³-hybridized carbons (Fsp3) is 0.609. The number of ketones is 1. The predicted molar refractivity (Wildman–Crippen MR) is 114 cm³/mol. The van der Waals surface area contributed by atoms with E-state index in [9.17, 15) is 9.18 Å². The van der Waals surface area contributed by atoms with E-state index in [-0.39, 0.29) is 34.5 Å². The lowest BCUT2D eigenvalue weighted by Crippen LogP contribution is -2.47. The molecule has 1 saturated heterocycles. The Morgan fingerprint density at radius 3 is 2.53 bits per heavy atom. The minimum atomic E-state index is -0.277. The maximum atomic E-state index is 13.1. The van der Waals surface area contributed by atoms with E-state index in [1.54, 1.807) is 0 Å². The van der Waals surface area contributed by atoms with E-state index in [0.717, 1.165) is 44.5 Å². The van der Waals surface area contributed by atoms with E-state index in [1.165, 1.54) is 12.1 Å². The van der Waals surface area contributed by atoms with Crippen LogP contribution in [-0.4, -0.2) is 52.1 Å². The van der Waals surface area contributed by atoms with Crippen molar-refractivity contribution in [1.82, 2.24) is 20.4 Å². The summed E-state index contributed by atoms with van der Waals surface area (Å²) in [5.41, 5.74) is 0.681. The van der Waals surface area contributed by atoms with Crippen LogP contribution < -0.4 is 5.32 Å². The number of hydrogen-bond acceptors (Lipinski definition) is 6. The molecule has 0 saturated carbocycles. The van der Waals surface area contributed by atoms with E-state index < -0.39 is 0 Å². The zero-order valence-corrected chi connectivity index (χ0v) is 18.7. The van der Waals surface area contributed by atoms with Crippen molar-refractivity contribution < 1.29 is 13.6 Å². The third-order valence-corrected chi connectivity index (χ3v) is 5.51. The summed E-state index contributed by atoms with van der Waals surface area (Å²) in [5, 5.41) is 11.6. The topological polar surface area (TPSA) is 71.3 Å². The Labute approximate surface area is 178 Å². The van der Waals surface area contributed by atoms with Crippen molar-refractivity contribution in [1.29, 1.82) is 0 Å². The van der Waals surface area contributed by atoms with E-state index in [2.05, 4.69) is 34.3 Å². The van der Waals surface area contributed by atoms with E-state index in [0.29, 0.717) is 5.89 Å². The lowest BCUT2D eigenvalue weighted by atomic mass is 9.95. The van der Waals surface area contributed by atoms with Gasteiger partial charge in [-0.15, -0.1) is 10.2 Å². The average Bonchev–Trinajstić information content (AvgIpc) is 3.32. The number of rotatable bonds is 8. The molecule has 2 heterocycles. The molecule has 1 N–H and O–H groups in total. The summed E-state index contributed by atoms with van der Waals surface area (Å²) < 4.78 is 18.8. The van der Waals surface area contributed by atoms with Gasteiger partial charge in [-0.05, 0) is 57.4 Å². The standard InChI is InChI=1S/C23H33FN4O2/c1-22(2,3)21-27-26-20(30-21)19(29)18-7-6-13-28(18)14-12-25-23(4,5)15-16-8-10-17(24)11-9-16/h8-11,18,25H,6-7,12-15H2,1-5H3. The first-order valence-electron chi connectivity index (χ1n) is 10.7. The Balaban J connectivity index is 1.54. The highest BCUT2D eigenvalue weighted by Gasteiger charge is 2.35. The summed E-state index contributed by atoms with van der Waals surface area (Å²) in [4.78, 5) is 15.1. The van der Waals surface area contributed by atoms with Crippen LogP contribution >= 0.6 is 0 Å². The van der Waals surface area contributed by atoms with Crippen LogP contribution in [0.1, 0.15) is 69.6 Å². The molecule has 6 nitrogen and oxygen atoms in total. The second kappa shape index (κ2) is 8.94. The highest BCUT2D eigenvalue weighted by molar-refractivity contribution is 5.96. The van der Waals surface area contributed by atoms with Gasteiger partial charge in [0, 0.05) is 24.0 Å². The lowest BCUT2D eigenvalue weighted by Gasteiger charge is -2.29. The number of Topliss-reactive ketones (excluding diaryl/α,β-unsaturated/α-hetero) is 1. The van der Waals surface area contributed by atoms with Crippen LogP contribution in [0.3, 0.4) is 0 Å². The smallest absolute Gasteiger partial charge is 0.285 e. The van der Waals surface area contributed by atoms with Gasteiger partial charge in [-0.2, -0.15) is 0 Å². The highest BCUT2D eigenvalue weighted by atomic mass is 19.1. The summed E-state index contributed by atoms with van der Waals surface area (Å²) in [7, 11) is 0. The van der Waals surface area contributed by atoms with Gasteiger partial charge in [0.15, 0.2) is 0 Å². The third-order valence-electron chi connectivity index (χ3n) is 5.51. The molecule has 0 radical (unpaired) electrons. The van der Waals surface area contributed by atoms with Crippen molar-refractivity contribution >= 4 is 5.78 Å². The van der Waals surface area contributed by atoms with Gasteiger partial charge < -0.3 is 9.73 Å². The maximum absolute atomic E-state index is 13.1. The molecule has 1 atom stereocenters. The highest BCUT2D eigenvalue weighted by Crippen LogP contribution is 2.24. The minimum Gasteiger partial charge on any atom is -0.418 e. The van der Waals surface area contributed by atoms with E-state index >= 15 is 0 Å². The number of hydrogen-bond donors (Lipinski definition) is 1. The second-order valence-electron chi connectivity index (χ2n) is 9.83. The summed E-state index contributed by atoms with van der Waals surface area (Å²) in [6, 6.07) is 6.43. The minimum absolute atomic E-state index is 0.0823. The SMILES string of the molecule is CC(C)(Cc1ccc(F)cc1)NCCN1CCCC1C(=O)c1nnc(C(C)(C)C)o1. The first-order chi connectivity index (χ1) is 14.0. The molecule has 3 rings (SSSR count). The van der Waals surface area contributed by atoms with Crippen LogP contribution in [0.5, 0.6) is 0 Å². The van der Waals surface area contributed by atoms with Gasteiger partial charge in [0.25, 0.3) is 5.89 Å². The maximum Gasteiger partial charge on any atom is 0.285 e. The molecule has 1 unspecified atom stereocenters. The fourth-order valence-electron chi connectivity index (χ4n) is 3.87. The molecule has 30 heavy (non-hydrogen) atoms. The largest absolute Gasteiger partial charge is 0.418 e. The summed E-state index contributed by atoms with van der Waals surface area (Å²) >= 11 is 0. The number of carbonyl (C=O) groups is 1. The number of likely N-dealkylation sites (tertiary alicyclic amines) is 1. The van der Waals surface area contributed by atoms with Crippen molar-refractivity contribution in [3.8, 4) is 0 Å². The fourth-order valence-corrected chi connectivity index (χ4v) is 3.87. The van der Waals surface area contributed by atoms with E-state index in [4.69, 9.17) is 4.42 Å². The van der Waals surface area contributed by atoms with Gasteiger partial charge in [-0.1, -0.05) is 32.9 Å². The molecule has 1 aliphatic rings. The molecule has 0 aliphatic carbocycles. The molecule has 7 heteroatoms. The second-order valence-corrected chi connectivity index (χ2v) is 9.83. The third kappa shape index (κ3) is 5.73. The van der Waals surface area contributed by atoms with Crippen molar-refractivity contribution in [3.05, 3.63) is 47.4 Å². The van der Waals surface area contributed by atoms with Crippen LogP contribution in [0, 0.1) is 5.82 Å². The first kappa shape index (κ1) is 22.6. The molecule has 164 valence electrons. The summed E-state index contributed by atoms with van der Waals surface area (Å²) in [6.07, 6.45) is 2.59. The lowest BCUT2D eigenvalue weighted by molar-refractivity contribution is 0.0828. The molecule has 1 aliphatic heterocycles. The molecule has 1 aromatic carbocycles. The quantitative estimate of drug-likeness (QED) is 0.661. The number of nitrogens with one attached hydrogen (secondary N) is 1. The molecule has 1 fully saturated rings. The Morgan fingerprint density at radius 1 is 1.20 bits per heavy atom. The summed E-state index contributed by atoms with van der Waals surface area (Å²) in [5.74, 6) is 0.298. The van der Waals surface area contributed by atoms with Gasteiger partial charge in [0.2, 0.25) is 11.7 Å². The normalized spacial score (nSPS) is 18.1. The summed E-state index contributed by atoms with van der Waals surface area (Å²) in [6.45, 7) is 12.6. The molecule has 2 aromatic rings. The van der Waals surface area contributed by atoms with Gasteiger partial charge in [0.05, 0.1) is 6.04 Å². The van der Waals surface area contributed by atoms with Gasteiger partial charge >= 0.3 is 0 Å². The number of carbonyl (C=O) groups excluding carboxylic acids is 1. The molecule has 1 aromatic heterocycles. The van der Waals surface area contributed by atoms with Crippen molar-refractivity contribution in [2.75, 3.05) is 19.6 Å². The number of halogens is 1. The van der Waals surface area contributed by atoms with Gasteiger partial charge in [-0.25, -0.2) is 4.39 Å². The number of benzene rings is 1. The van der Waals surface area contributed by atoms with E-state index in [1.807, 2.05) is 32.9 Å². The number of aromatic nitrogens is 2. The van der Waals surface area contributed by atoms with Crippen LogP contribution in [0.2, 0.25) is 0 Å². The Bertz CT molecular complexity index is 855. The molecule has 0 amide bonds. The van der Waals surface area contributed by atoms with Crippen LogP contribution in [0.4, 0.5) is 4.39 Å². The monoisotopic (exact) mass is 416 g/mol. The predicted octanol–water partition coefficient (Wildman–Crippen LogP) is 3.76. The van der Waals surface area contributed by atoms with Gasteiger partial charge in [-0.3, -0.25) is 9.69 Å². The Morgan fingerprint density at radius 2 is 1.90 bits per heavy atom. The van der Waals surface area contributed by atoms with Crippen LogP contribution in [0.25, 0.3) is 0 Å². The molecular formula is C23H33FN4O2. The molecular weight excluding hydrogens is 383 g/mol.